The summed E-state index contributed by atoms with van der Waals surface area (Å²) in [5, 5.41) is 10.2. The fourth-order valence-corrected chi connectivity index (χ4v) is 4.76. The number of hydrogen-bond donors (Lipinski definition) is 1. The minimum Gasteiger partial charge on any atom is -0.388 e. The number of carbonyl (C=O) groups is 2. The number of aliphatic hydroxyl groups is 1. The van der Waals surface area contributed by atoms with Gasteiger partial charge in [0.15, 0.2) is 0 Å². The van der Waals surface area contributed by atoms with Gasteiger partial charge in [-0.15, -0.1) is 11.8 Å². The molecule has 0 bridgehead atoms. The van der Waals surface area contributed by atoms with Gasteiger partial charge in [-0.2, -0.15) is 0 Å². The van der Waals surface area contributed by atoms with E-state index < -0.39 is 6.10 Å². The number of rotatable bonds is 6. The molecule has 1 unspecified atom stereocenters. The largest absolute Gasteiger partial charge is 0.388 e. The number of nitrogens with zero attached hydrogens (tertiary/aromatic N) is 2. The second-order valence-electron chi connectivity index (χ2n) is 7.48. The molecule has 27 heavy (non-hydrogen) atoms. The maximum absolute atomic E-state index is 12.6. The fourth-order valence-electron chi connectivity index (χ4n) is 3.87. The zero-order valence-corrected chi connectivity index (χ0v) is 16.7. The molecule has 5 nitrogen and oxygen atoms in total. The van der Waals surface area contributed by atoms with Crippen LogP contribution in [0.4, 0.5) is 0 Å². The van der Waals surface area contributed by atoms with Gasteiger partial charge in [-0.25, -0.2) is 0 Å². The maximum Gasteiger partial charge on any atom is 0.232 e. The first-order chi connectivity index (χ1) is 13.1. The Bertz CT molecular complexity index is 611. The van der Waals surface area contributed by atoms with Crippen LogP contribution in [-0.2, 0) is 9.59 Å². The van der Waals surface area contributed by atoms with Gasteiger partial charge in [-0.1, -0.05) is 30.3 Å². The van der Waals surface area contributed by atoms with E-state index in [1.807, 2.05) is 40.1 Å². The summed E-state index contributed by atoms with van der Waals surface area (Å²) in [6.45, 7) is 3.15. The van der Waals surface area contributed by atoms with Crippen LogP contribution in [0.5, 0.6) is 0 Å². The molecule has 2 saturated heterocycles. The third kappa shape index (κ3) is 5.72. The second kappa shape index (κ2) is 10.1. The van der Waals surface area contributed by atoms with Gasteiger partial charge >= 0.3 is 0 Å². The molecule has 2 amide bonds. The van der Waals surface area contributed by atoms with E-state index in [1.54, 1.807) is 0 Å². The lowest BCUT2D eigenvalue weighted by atomic mass is 9.94. The van der Waals surface area contributed by atoms with Gasteiger partial charge in [0.05, 0.1) is 11.9 Å². The maximum atomic E-state index is 12.6. The molecule has 0 aromatic heterocycles. The minimum atomic E-state index is -0.545. The number of likely N-dealkylation sites (tertiary alicyclic amines) is 2. The first-order valence-electron chi connectivity index (χ1n) is 10.0. The molecule has 2 heterocycles. The van der Waals surface area contributed by atoms with Crippen molar-refractivity contribution in [2.24, 2.45) is 5.92 Å². The van der Waals surface area contributed by atoms with E-state index in [0.29, 0.717) is 30.5 Å². The summed E-state index contributed by atoms with van der Waals surface area (Å²) in [6, 6.07) is 9.54. The Kier molecular flexibility index (Phi) is 7.59. The molecule has 148 valence electrons. The van der Waals surface area contributed by atoms with Crippen LogP contribution >= 0.6 is 11.8 Å². The highest BCUT2D eigenvalue weighted by molar-refractivity contribution is 7.99. The lowest BCUT2D eigenvalue weighted by Gasteiger charge is -2.35. The molecule has 1 atom stereocenters. The summed E-state index contributed by atoms with van der Waals surface area (Å²) in [7, 11) is 0. The Morgan fingerprint density at radius 3 is 2.33 bits per heavy atom. The topological polar surface area (TPSA) is 60.9 Å². The quantitative estimate of drug-likeness (QED) is 0.811. The van der Waals surface area contributed by atoms with Crippen molar-refractivity contribution in [1.82, 2.24) is 9.80 Å². The molecule has 0 spiro atoms. The predicted molar refractivity (Wildman–Crippen MR) is 108 cm³/mol. The lowest BCUT2D eigenvalue weighted by Crippen LogP contribution is -2.46. The molecule has 3 rings (SSSR count). The number of amides is 2. The van der Waals surface area contributed by atoms with E-state index in [2.05, 4.69) is 0 Å². The Morgan fingerprint density at radius 1 is 1.00 bits per heavy atom. The van der Waals surface area contributed by atoms with E-state index in [1.165, 1.54) is 18.2 Å². The Hall–Kier alpha value is -1.53. The van der Waals surface area contributed by atoms with Crippen molar-refractivity contribution in [3.63, 3.8) is 0 Å². The van der Waals surface area contributed by atoms with Crippen LogP contribution in [0.2, 0.25) is 0 Å². The van der Waals surface area contributed by atoms with Crippen LogP contribution in [0.3, 0.4) is 0 Å². The summed E-state index contributed by atoms with van der Waals surface area (Å²) in [4.78, 5) is 28.9. The number of aliphatic hydroxyl groups excluding tert-OH is 1. The van der Waals surface area contributed by atoms with Gasteiger partial charge in [0, 0.05) is 37.8 Å². The number of benzene rings is 1. The van der Waals surface area contributed by atoms with Crippen molar-refractivity contribution < 1.29 is 14.7 Å². The number of thioether (sulfide) groups is 1. The van der Waals surface area contributed by atoms with E-state index in [9.17, 15) is 14.7 Å². The highest BCUT2D eigenvalue weighted by atomic mass is 32.2. The van der Waals surface area contributed by atoms with E-state index in [4.69, 9.17) is 0 Å². The van der Waals surface area contributed by atoms with Crippen molar-refractivity contribution in [2.75, 3.05) is 37.7 Å². The van der Waals surface area contributed by atoms with Gasteiger partial charge in [0.1, 0.15) is 0 Å². The average molecular weight is 391 g/mol. The van der Waals surface area contributed by atoms with Crippen LogP contribution in [0.15, 0.2) is 30.3 Å². The van der Waals surface area contributed by atoms with Crippen LogP contribution < -0.4 is 0 Å². The molecule has 1 aromatic rings. The monoisotopic (exact) mass is 390 g/mol. The Morgan fingerprint density at radius 2 is 1.67 bits per heavy atom. The van der Waals surface area contributed by atoms with Crippen LogP contribution in [0, 0.1) is 5.92 Å². The van der Waals surface area contributed by atoms with E-state index in [0.717, 1.165) is 44.3 Å². The third-order valence-corrected chi connectivity index (χ3v) is 6.55. The van der Waals surface area contributed by atoms with Crippen molar-refractivity contribution in [1.29, 1.82) is 0 Å². The molecular weight excluding hydrogens is 360 g/mol. The van der Waals surface area contributed by atoms with Gasteiger partial charge in [-0.3, -0.25) is 9.59 Å². The van der Waals surface area contributed by atoms with Crippen molar-refractivity contribution in [2.45, 2.75) is 38.2 Å². The standard InChI is InChI=1S/C21H30N2O3S/c24-19(17-7-3-1-4-8-17)15-27-16-20(25)22-13-9-18(10-14-22)21(26)23-11-5-2-6-12-23/h1,3-4,7-8,18-19,24H,2,5-6,9-16H2. The Labute approximate surface area is 166 Å². The van der Waals surface area contributed by atoms with Crippen LogP contribution in [0.1, 0.15) is 43.8 Å². The molecule has 1 N–H and O–H groups in total. The summed E-state index contributed by atoms with van der Waals surface area (Å²) < 4.78 is 0. The summed E-state index contributed by atoms with van der Waals surface area (Å²) in [6.07, 6.45) is 4.48. The van der Waals surface area contributed by atoms with Gasteiger partial charge in [0.2, 0.25) is 11.8 Å². The zero-order chi connectivity index (χ0) is 19.1. The van der Waals surface area contributed by atoms with E-state index >= 15 is 0 Å². The van der Waals surface area contributed by atoms with Gasteiger partial charge in [-0.05, 0) is 37.7 Å². The van der Waals surface area contributed by atoms with Crippen LogP contribution in [0.25, 0.3) is 0 Å². The molecular formula is C21H30N2O3S. The molecule has 2 aliphatic rings. The SMILES string of the molecule is O=C(CSCC(O)c1ccccc1)N1CCC(C(=O)N2CCCCC2)CC1. The number of piperidine rings is 2. The molecule has 6 heteroatoms. The minimum absolute atomic E-state index is 0.0831. The molecule has 0 saturated carbocycles. The first kappa shape index (κ1) is 20.2. The molecule has 0 aliphatic carbocycles. The molecule has 0 radical (unpaired) electrons. The lowest BCUT2D eigenvalue weighted by molar-refractivity contribution is -0.140. The van der Waals surface area contributed by atoms with Gasteiger partial charge < -0.3 is 14.9 Å². The molecule has 2 fully saturated rings. The number of hydrogen-bond acceptors (Lipinski definition) is 4. The van der Waals surface area contributed by atoms with Crippen molar-refractivity contribution in [3.8, 4) is 0 Å². The highest BCUT2D eigenvalue weighted by Crippen LogP contribution is 2.23. The smallest absolute Gasteiger partial charge is 0.232 e. The fraction of sp³-hybridized carbons (Fsp3) is 0.619. The summed E-state index contributed by atoms with van der Waals surface area (Å²) in [5.74, 6) is 1.39. The first-order valence-corrected chi connectivity index (χ1v) is 11.2. The normalized spacial score (nSPS) is 19.7. The summed E-state index contributed by atoms with van der Waals surface area (Å²) in [5.41, 5.74) is 0.884. The third-order valence-electron chi connectivity index (χ3n) is 5.55. The highest BCUT2D eigenvalue weighted by Gasteiger charge is 2.30. The second-order valence-corrected chi connectivity index (χ2v) is 8.51. The average Bonchev–Trinajstić information content (AvgIpc) is 2.74. The molecule has 2 aliphatic heterocycles. The predicted octanol–water partition coefficient (Wildman–Crippen LogP) is 2.70. The van der Waals surface area contributed by atoms with Crippen molar-refractivity contribution in [3.05, 3.63) is 35.9 Å². The van der Waals surface area contributed by atoms with Crippen LogP contribution in [-0.4, -0.2) is 64.4 Å². The zero-order valence-electron chi connectivity index (χ0n) is 15.9. The summed E-state index contributed by atoms with van der Waals surface area (Å²) >= 11 is 1.47. The van der Waals surface area contributed by atoms with E-state index in [-0.39, 0.29) is 11.8 Å². The van der Waals surface area contributed by atoms with Crippen molar-refractivity contribution >= 4 is 23.6 Å². The van der Waals surface area contributed by atoms with Gasteiger partial charge in [0.25, 0.3) is 0 Å². The molecule has 1 aromatic carbocycles. The Balaban J connectivity index is 1.36. The number of carbonyl (C=O) groups excluding carboxylic acids is 2.